The molecule has 0 aromatic carbocycles. The van der Waals surface area contributed by atoms with Gasteiger partial charge in [0.25, 0.3) is 5.91 Å². The Morgan fingerprint density at radius 2 is 2.29 bits per heavy atom. The van der Waals surface area contributed by atoms with Gasteiger partial charge in [-0.25, -0.2) is 4.98 Å². The van der Waals surface area contributed by atoms with E-state index in [0.717, 1.165) is 9.37 Å². The number of carbonyl (C=O) groups excluding carboxylic acids is 2. The number of nitrogens with zero attached hydrogens (tertiary/aromatic N) is 2. The van der Waals surface area contributed by atoms with Crippen LogP contribution in [0.5, 0.6) is 0 Å². The smallest absolute Gasteiger partial charge is 0.251 e. The predicted molar refractivity (Wildman–Crippen MR) is 66.2 cm³/mol. The minimum Gasteiger partial charge on any atom is -0.396 e. The maximum absolute atomic E-state index is 11.7. The molecule has 6 nitrogen and oxygen atoms in total. The van der Waals surface area contributed by atoms with Gasteiger partial charge in [-0.15, -0.1) is 0 Å². The Labute approximate surface area is 106 Å². The Bertz CT molecular complexity index is 491. The van der Waals surface area contributed by atoms with Crippen LogP contribution in [0.4, 0.5) is 11.5 Å². The van der Waals surface area contributed by atoms with E-state index in [1.165, 1.54) is 7.05 Å². The summed E-state index contributed by atoms with van der Waals surface area (Å²) < 4.78 is 0.756. The number of amides is 2. The molecular formula is C10H11BrN4O2. The van der Waals surface area contributed by atoms with Crippen LogP contribution < -0.4 is 11.1 Å². The number of imide groups is 1. The predicted octanol–water partition coefficient (Wildman–Crippen LogP) is 0.595. The molecule has 3 N–H and O–H groups in total. The van der Waals surface area contributed by atoms with Crippen LogP contribution in [0.3, 0.4) is 0 Å². The number of nitrogens with two attached hydrogens (primary N) is 1. The average Bonchev–Trinajstić information content (AvgIpc) is 2.50. The third-order valence-corrected chi connectivity index (χ3v) is 3.01. The number of pyridine rings is 1. The normalized spacial score (nSPS) is 19.9. The van der Waals surface area contributed by atoms with Gasteiger partial charge >= 0.3 is 0 Å². The largest absolute Gasteiger partial charge is 0.396 e. The molecule has 2 rings (SSSR count). The Kier molecular flexibility index (Phi) is 3.01. The van der Waals surface area contributed by atoms with E-state index in [9.17, 15) is 9.59 Å². The van der Waals surface area contributed by atoms with Crippen molar-refractivity contribution in [3.05, 3.63) is 16.7 Å². The van der Waals surface area contributed by atoms with Crippen molar-refractivity contribution < 1.29 is 9.59 Å². The Balaban J connectivity index is 2.17. The van der Waals surface area contributed by atoms with E-state index >= 15 is 0 Å². The summed E-state index contributed by atoms with van der Waals surface area (Å²) in [5, 5.41) is 2.88. The van der Waals surface area contributed by atoms with Crippen molar-refractivity contribution in [3.8, 4) is 0 Å². The average molecular weight is 299 g/mol. The van der Waals surface area contributed by atoms with Gasteiger partial charge in [-0.2, -0.15) is 0 Å². The van der Waals surface area contributed by atoms with Crippen molar-refractivity contribution in [2.75, 3.05) is 18.1 Å². The molecule has 1 atom stereocenters. The fraction of sp³-hybridized carbons (Fsp3) is 0.300. The fourth-order valence-corrected chi connectivity index (χ4v) is 1.96. The summed E-state index contributed by atoms with van der Waals surface area (Å²) in [5.74, 6) is -0.0584. The van der Waals surface area contributed by atoms with Crippen LogP contribution in [-0.2, 0) is 9.59 Å². The zero-order valence-corrected chi connectivity index (χ0v) is 10.7. The zero-order valence-electron chi connectivity index (χ0n) is 9.11. The van der Waals surface area contributed by atoms with E-state index in [1.54, 1.807) is 12.3 Å². The first-order valence-electron chi connectivity index (χ1n) is 4.97. The molecule has 7 heteroatoms. The first-order chi connectivity index (χ1) is 7.99. The molecule has 0 radical (unpaired) electrons. The van der Waals surface area contributed by atoms with Gasteiger partial charge in [-0.1, -0.05) is 0 Å². The summed E-state index contributed by atoms with van der Waals surface area (Å²) >= 11 is 3.24. The minimum absolute atomic E-state index is 0.131. The number of nitrogens with one attached hydrogen (secondary N) is 1. The SMILES string of the molecule is CN1C(=O)CC(Nc2ncc(Br)cc2N)C1=O. The Hall–Kier alpha value is -1.63. The van der Waals surface area contributed by atoms with Gasteiger partial charge in [0.2, 0.25) is 5.91 Å². The van der Waals surface area contributed by atoms with Crippen LogP contribution in [0.2, 0.25) is 0 Å². The van der Waals surface area contributed by atoms with E-state index < -0.39 is 6.04 Å². The molecule has 1 fully saturated rings. The van der Waals surface area contributed by atoms with Crippen LogP contribution in [-0.4, -0.2) is 34.8 Å². The maximum Gasteiger partial charge on any atom is 0.251 e. The molecule has 1 aliphatic heterocycles. The van der Waals surface area contributed by atoms with Crippen molar-refractivity contribution in [3.63, 3.8) is 0 Å². The standard InChI is InChI=1S/C10H11BrN4O2/c1-15-8(16)3-7(10(15)17)14-9-6(12)2-5(11)4-13-9/h2,4,7H,3,12H2,1H3,(H,13,14). The fourth-order valence-electron chi connectivity index (χ4n) is 1.61. The highest BCUT2D eigenvalue weighted by Crippen LogP contribution is 2.23. The highest BCUT2D eigenvalue weighted by atomic mass is 79.9. The number of hydrogen-bond acceptors (Lipinski definition) is 5. The van der Waals surface area contributed by atoms with E-state index in [1.807, 2.05) is 0 Å². The molecule has 1 aliphatic rings. The molecule has 2 heterocycles. The minimum atomic E-state index is -0.580. The molecule has 17 heavy (non-hydrogen) atoms. The van der Waals surface area contributed by atoms with Crippen molar-refractivity contribution in [2.45, 2.75) is 12.5 Å². The number of likely N-dealkylation sites (N-methyl/N-ethyl adjacent to an activating group) is 1. The number of anilines is 2. The lowest BCUT2D eigenvalue weighted by Crippen LogP contribution is -2.32. The van der Waals surface area contributed by atoms with Gasteiger partial charge in [0.05, 0.1) is 12.1 Å². The molecule has 2 amide bonds. The zero-order chi connectivity index (χ0) is 12.6. The summed E-state index contributed by atoms with van der Waals surface area (Å²) in [5.41, 5.74) is 6.17. The van der Waals surface area contributed by atoms with E-state index in [4.69, 9.17) is 5.73 Å². The maximum atomic E-state index is 11.7. The highest BCUT2D eigenvalue weighted by Gasteiger charge is 2.36. The topological polar surface area (TPSA) is 88.3 Å². The molecule has 1 saturated heterocycles. The lowest BCUT2D eigenvalue weighted by Gasteiger charge is -2.13. The monoisotopic (exact) mass is 298 g/mol. The first-order valence-corrected chi connectivity index (χ1v) is 5.76. The highest BCUT2D eigenvalue weighted by molar-refractivity contribution is 9.10. The van der Waals surface area contributed by atoms with Gasteiger partial charge in [-0.3, -0.25) is 14.5 Å². The number of nitrogen functional groups attached to an aromatic ring is 1. The number of halogens is 1. The molecule has 0 aliphatic carbocycles. The molecule has 1 aromatic heterocycles. The first kappa shape index (κ1) is 11.8. The number of likely N-dealkylation sites (tertiary alicyclic amines) is 1. The van der Waals surface area contributed by atoms with Crippen LogP contribution in [0, 0.1) is 0 Å². The molecule has 90 valence electrons. The second-order valence-corrected chi connectivity index (χ2v) is 4.70. The molecule has 1 aromatic rings. The van der Waals surface area contributed by atoms with Crippen molar-refractivity contribution in [1.29, 1.82) is 0 Å². The van der Waals surface area contributed by atoms with Gasteiger partial charge in [0.1, 0.15) is 11.9 Å². The van der Waals surface area contributed by atoms with Gasteiger partial charge in [0.15, 0.2) is 0 Å². The number of carbonyl (C=O) groups is 2. The number of aromatic nitrogens is 1. The third kappa shape index (κ3) is 2.23. The molecule has 0 bridgehead atoms. The van der Waals surface area contributed by atoms with Crippen LogP contribution in [0.15, 0.2) is 16.7 Å². The number of hydrogen-bond donors (Lipinski definition) is 2. The summed E-state index contributed by atoms with van der Waals surface area (Å²) in [7, 11) is 1.46. The molecule has 0 saturated carbocycles. The quantitative estimate of drug-likeness (QED) is 0.781. The lowest BCUT2D eigenvalue weighted by molar-refractivity contribution is -0.136. The van der Waals surface area contributed by atoms with Gasteiger partial charge < -0.3 is 11.1 Å². The van der Waals surface area contributed by atoms with E-state index in [2.05, 4.69) is 26.2 Å². The second kappa shape index (κ2) is 4.33. The molecule has 1 unspecified atom stereocenters. The van der Waals surface area contributed by atoms with Crippen LogP contribution >= 0.6 is 15.9 Å². The van der Waals surface area contributed by atoms with Crippen LogP contribution in [0.25, 0.3) is 0 Å². The molecular weight excluding hydrogens is 288 g/mol. The van der Waals surface area contributed by atoms with Crippen LogP contribution in [0.1, 0.15) is 6.42 Å². The van der Waals surface area contributed by atoms with E-state index in [-0.39, 0.29) is 18.2 Å². The lowest BCUT2D eigenvalue weighted by atomic mass is 10.2. The Morgan fingerprint density at radius 1 is 1.59 bits per heavy atom. The summed E-state index contributed by atoms with van der Waals surface area (Å²) in [6.07, 6.45) is 1.70. The Morgan fingerprint density at radius 3 is 2.82 bits per heavy atom. The summed E-state index contributed by atoms with van der Waals surface area (Å²) in [6, 6.07) is 1.10. The molecule has 0 spiro atoms. The van der Waals surface area contributed by atoms with Gasteiger partial charge in [0, 0.05) is 17.7 Å². The second-order valence-electron chi connectivity index (χ2n) is 3.78. The number of rotatable bonds is 2. The van der Waals surface area contributed by atoms with Gasteiger partial charge in [-0.05, 0) is 22.0 Å². The third-order valence-electron chi connectivity index (χ3n) is 2.58. The van der Waals surface area contributed by atoms with Crippen molar-refractivity contribution in [2.24, 2.45) is 0 Å². The summed E-state index contributed by atoms with van der Waals surface area (Å²) in [6.45, 7) is 0. The van der Waals surface area contributed by atoms with Crippen molar-refractivity contribution in [1.82, 2.24) is 9.88 Å². The summed E-state index contributed by atoms with van der Waals surface area (Å²) in [4.78, 5) is 28.2. The van der Waals surface area contributed by atoms with Crippen molar-refractivity contribution >= 4 is 39.2 Å². The van der Waals surface area contributed by atoms with E-state index in [0.29, 0.717) is 11.5 Å².